The molecular weight excluding hydrogens is 779 g/mol. The van der Waals surface area contributed by atoms with E-state index in [0.29, 0.717) is 0 Å². The van der Waals surface area contributed by atoms with Gasteiger partial charge in [0, 0.05) is 38.5 Å². The van der Waals surface area contributed by atoms with Gasteiger partial charge < -0.3 is 20.4 Å². The molecule has 13 rings (SSSR count). The second kappa shape index (κ2) is 14.6. The minimum atomic E-state index is -0.147. The molecule has 2 atom stereocenters. The first-order chi connectivity index (χ1) is 31.7. The van der Waals surface area contributed by atoms with Gasteiger partial charge in [-0.15, -0.1) is 0 Å². The van der Waals surface area contributed by atoms with Gasteiger partial charge in [-0.3, -0.25) is 0 Å². The van der Waals surface area contributed by atoms with E-state index in [0.717, 1.165) is 83.4 Å². The van der Waals surface area contributed by atoms with Crippen molar-refractivity contribution in [1.82, 2.24) is 4.98 Å². The standard InChI is InChI=1S/C59H41N5/c1-3-17-45(18-4-1)63-53-25-13-11-23-51(53)60-58(63)43-35-42(36-44(37-43)59-61-52-24-12-14-26-54(52)64(59)46-19-5-2-6-20-46)38-27-29-41(30-28-38)55-49-33-31-39-15-7-9-21-47(39)56(49)62-57-48-22-10-8-16-40(48)32-34-50(55)57/h1-37,58-61H. The van der Waals surface area contributed by atoms with Gasteiger partial charge in [-0.1, -0.05) is 158 Å². The summed E-state index contributed by atoms with van der Waals surface area (Å²) < 4.78 is 0. The highest BCUT2D eigenvalue weighted by molar-refractivity contribution is 6.21. The molecule has 2 N–H and O–H groups in total. The van der Waals surface area contributed by atoms with Crippen LogP contribution in [-0.4, -0.2) is 4.98 Å². The summed E-state index contributed by atoms with van der Waals surface area (Å²) in [6.07, 6.45) is -0.295. The quantitative estimate of drug-likeness (QED) is 0.129. The molecule has 0 aliphatic carbocycles. The molecule has 11 aromatic rings. The van der Waals surface area contributed by atoms with Gasteiger partial charge in [0.25, 0.3) is 0 Å². The molecule has 0 fully saturated rings. The zero-order valence-electron chi connectivity index (χ0n) is 34.9. The van der Waals surface area contributed by atoms with Crippen molar-refractivity contribution >= 4 is 77.5 Å². The second-order valence-corrected chi connectivity index (χ2v) is 16.9. The number of aromatic nitrogens is 1. The molecule has 5 nitrogen and oxygen atoms in total. The van der Waals surface area contributed by atoms with Gasteiger partial charge in [-0.25, -0.2) is 4.98 Å². The predicted octanol–water partition coefficient (Wildman–Crippen LogP) is 15.6. The minimum absolute atomic E-state index is 0.147. The lowest BCUT2D eigenvalue weighted by molar-refractivity contribution is 0.801. The van der Waals surface area contributed by atoms with Crippen LogP contribution in [0.15, 0.2) is 224 Å². The lowest BCUT2D eigenvalue weighted by Crippen LogP contribution is -2.26. The minimum Gasteiger partial charge on any atom is -0.359 e. The molecule has 0 bridgehead atoms. The number of benzene rings is 10. The molecule has 2 unspecified atom stereocenters. The molecular formula is C59H41N5. The summed E-state index contributed by atoms with van der Waals surface area (Å²) in [7, 11) is 0. The van der Waals surface area contributed by atoms with Crippen molar-refractivity contribution in [2.45, 2.75) is 12.3 Å². The van der Waals surface area contributed by atoms with Gasteiger partial charge in [0.2, 0.25) is 0 Å². The van der Waals surface area contributed by atoms with Crippen molar-refractivity contribution in [2.24, 2.45) is 0 Å². The molecule has 302 valence electrons. The number of para-hydroxylation sites is 6. The first-order valence-electron chi connectivity index (χ1n) is 22.0. The van der Waals surface area contributed by atoms with Crippen LogP contribution in [0.5, 0.6) is 0 Å². The Balaban J connectivity index is 0.995. The van der Waals surface area contributed by atoms with E-state index >= 15 is 0 Å². The van der Waals surface area contributed by atoms with Crippen LogP contribution in [0, 0.1) is 0 Å². The first kappa shape index (κ1) is 36.3. The third-order valence-corrected chi connectivity index (χ3v) is 13.2. The summed E-state index contributed by atoms with van der Waals surface area (Å²) in [4.78, 5) is 10.3. The highest BCUT2D eigenvalue weighted by Crippen LogP contribution is 2.50. The molecule has 1 aromatic heterocycles. The zero-order valence-corrected chi connectivity index (χ0v) is 34.9. The first-order valence-corrected chi connectivity index (χ1v) is 22.0. The predicted molar refractivity (Wildman–Crippen MR) is 268 cm³/mol. The Morgan fingerprint density at radius 3 is 1.30 bits per heavy atom. The average molecular weight is 820 g/mol. The van der Waals surface area contributed by atoms with E-state index in [2.05, 4.69) is 245 Å². The Labute approximate surface area is 371 Å². The van der Waals surface area contributed by atoms with E-state index in [1.54, 1.807) is 0 Å². The van der Waals surface area contributed by atoms with E-state index in [9.17, 15) is 0 Å². The fourth-order valence-corrected chi connectivity index (χ4v) is 10.2. The molecule has 10 aromatic carbocycles. The fourth-order valence-electron chi connectivity index (χ4n) is 10.2. The summed E-state index contributed by atoms with van der Waals surface area (Å²) >= 11 is 0. The van der Waals surface area contributed by atoms with E-state index in [1.807, 2.05) is 0 Å². The summed E-state index contributed by atoms with van der Waals surface area (Å²) in [6.45, 7) is 0. The van der Waals surface area contributed by atoms with Crippen LogP contribution in [0.4, 0.5) is 34.1 Å². The number of hydrogen-bond acceptors (Lipinski definition) is 5. The second-order valence-electron chi connectivity index (χ2n) is 16.9. The van der Waals surface area contributed by atoms with Gasteiger partial charge in [-0.2, -0.15) is 0 Å². The SMILES string of the molecule is c1ccc(N2c3ccccc3NC2c2cc(-c3ccc(-c4c5ccc6ccccc6c5nc5c4ccc4ccccc45)cc3)cc(C3Nc4ccccc4N3c3ccccc3)c2)cc1. The van der Waals surface area contributed by atoms with Crippen molar-refractivity contribution < 1.29 is 0 Å². The zero-order chi connectivity index (χ0) is 42.1. The summed E-state index contributed by atoms with van der Waals surface area (Å²) in [5, 5.41) is 14.9. The average Bonchev–Trinajstić information content (AvgIpc) is 3.96. The molecule has 0 saturated carbocycles. The third kappa shape index (κ3) is 5.82. The number of hydrogen-bond donors (Lipinski definition) is 2. The van der Waals surface area contributed by atoms with Crippen LogP contribution in [0.3, 0.4) is 0 Å². The van der Waals surface area contributed by atoms with Crippen molar-refractivity contribution in [1.29, 1.82) is 0 Å². The normalized spacial score (nSPS) is 15.4. The molecule has 2 aliphatic rings. The van der Waals surface area contributed by atoms with Crippen LogP contribution in [0.1, 0.15) is 23.5 Å². The number of fused-ring (bicyclic) bond motifs is 8. The maximum atomic E-state index is 5.45. The topological polar surface area (TPSA) is 43.4 Å². The van der Waals surface area contributed by atoms with Gasteiger partial charge in [0.05, 0.1) is 33.8 Å². The van der Waals surface area contributed by atoms with Crippen LogP contribution < -0.4 is 20.4 Å². The Hall–Kier alpha value is -8.41. The molecule has 0 spiro atoms. The molecule has 0 amide bonds. The van der Waals surface area contributed by atoms with Crippen LogP contribution in [-0.2, 0) is 0 Å². The van der Waals surface area contributed by atoms with E-state index in [4.69, 9.17) is 4.98 Å². The van der Waals surface area contributed by atoms with E-state index in [-0.39, 0.29) is 12.3 Å². The molecule has 2 aliphatic heterocycles. The highest BCUT2D eigenvalue weighted by atomic mass is 15.3. The maximum absolute atomic E-state index is 5.45. The summed E-state index contributed by atoms with van der Waals surface area (Å²) in [5.41, 5.74) is 15.9. The number of nitrogens with one attached hydrogen (secondary N) is 2. The van der Waals surface area contributed by atoms with Crippen molar-refractivity contribution in [2.75, 3.05) is 20.4 Å². The van der Waals surface area contributed by atoms with Crippen molar-refractivity contribution in [3.63, 3.8) is 0 Å². The Morgan fingerprint density at radius 2 is 0.781 bits per heavy atom. The molecule has 5 heteroatoms. The number of pyridine rings is 1. The number of rotatable bonds is 6. The van der Waals surface area contributed by atoms with Crippen LogP contribution in [0.2, 0.25) is 0 Å². The maximum Gasteiger partial charge on any atom is 0.130 e. The largest absolute Gasteiger partial charge is 0.359 e. The Morgan fingerprint density at radius 1 is 0.344 bits per heavy atom. The van der Waals surface area contributed by atoms with Gasteiger partial charge in [0.1, 0.15) is 12.3 Å². The molecule has 64 heavy (non-hydrogen) atoms. The monoisotopic (exact) mass is 819 g/mol. The van der Waals surface area contributed by atoms with Gasteiger partial charge >= 0.3 is 0 Å². The van der Waals surface area contributed by atoms with Crippen molar-refractivity contribution in [3.8, 4) is 22.3 Å². The third-order valence-electron chi connectivity index (χ3n) is 13.2. The lowest BCUT2D eigenvalue weighted by atomic mass is 9.91. The summed E-state index contributed by atoms with van der Waals surface area (Å²) in [6, 6.07) is 81.2. The smallest absolute Gasteiger partial charge is 0.130 e. The van der Waals surface area contributed by atoms with Gasteiger partial charge in [-0.05, 0) is 105 Å². The fraction of sp³-hybridized carbons (Fsp3) is 0.0339. The molecule has 3 heterocycles. The van der Waals surface area contributed by atoms with Crippen LogP contribution >= 0.6 is 0 Å². The van der Waals surface area contributed by atoms with E-state index < -0.39 is 0 Å². The molecule has 0 saturated heterocycles. The molecule has 0 radical (unpaired) electrons. The van der Waals surface area contributed by atoms with Crippen LogP contribution in [0.25, 0.3) is 65.6 Å². The highest BCUT2D eigenvalue weighted by Gasteiger charge is 2.35. The Kier molecular flexibility index (Phi) is 8.28. The van der Waals surface area contributed by atoms with Crippen molar-refractivity contribution in [3.05, 3.63) is 236 Å². The number of nitrogens with zero attached hydrogens (tertiary/aromatic N) is 3. The Bertz CT molecular complexity index is 3380. The lowest BCUT2D eigenvalue weighted by Gasteiger charge is -2.31. The van der Waals surface area contributed by atoms with Gasteiger partial charge in [0.15, 0.2) is 0 Å². The number of anilines is 6. The van der Waals surface area contributed by atoms with E-state index in [1.165, 1.54) is 27.5 Å². The summed E-state index contributed by atoms with van der Waals surface area (Å²) in [5.74, 6) is 0.